The molecule has 0 atom stereocenters. The first-order chi connectivity index (χ1) is 11.8. The number of hydrogen-bond donors (Lipinski definition) is 0. The van der Waals surface area contributed by atoms with Gasteiger partial charge in [-0.3, -0.25) is 4.98 Å². The highest BCUT2D eigenvalue weighted by molar-refractivity contribution is 7.98. The minimum Gasteiger partial charge on any atom is -0.260 e. The molecular weight excluding hydrogens is 342 g/mol. The summed E-state index contributed by atoms with van der Waals surface area (Å²) >= 11 is 7.58. The van der Waals surface area contributed by atoms with Crippen molar-refractivity contribution in [1.82, 2.24) is 24.7 Å². The molecule has 5 nitrogen and oxygen atoms in total. The van der Waals surface area contributed by atoms with Crippen LogP contribution in [0.15, 0.2) is 66.2 Å². The number of rotatable bonds is 4. The van der Waals surface area contributed by atoms with Crippen molar-refractivity contribution in [3.63, 3.8) is 0 Å². The zero-order chi connectivity index (χ0) is 16.4. The second kappa shape index (κ2) is 6.59. The third kappa shape index (κ3) is 2.98. The quantitative estimate of drug-likeness (QED) is 0.407. The van der Waals surface area contributed by atoms with Gasteiger partial charge in [0.2, 0.25) is 0 Å². The van der Waals surface area contributed by atoms with Crippen molar-refractivity contribution in [3.05, 3.63) is 71.9 Å². The van der Waals surface area contributed by atoms with E-state index in [0.29, 0.717) is 5.02 Å². The number of fused-ring (bicyclic) bond motifs is 1. The van der Waals surface area contributed by atoms with Crippen LogP contribution in [0.2, 0.25) is 5.02 Å². The third-order valence-electron chi connectivity index (χ3n) is 3.48. The predicted molar refractivity (Wildman–Crippen MR) is 95.5 cm³/mol. The van der Waals surface area contributed by atoms with Crippen LogP contribution in [0.1, 0.15) is 5.69 Å². The van der Waals surface area contributed by atoms with Gasteiger partial charge in [0.05, 0.1) is 23.0 Å². The highest BCUT2D eigenvalue weighted by Gasteiger charge is 2.11. The molecule has 4 aromatic rings. The van der Waals surface area contributed by atoms with Gasteiger partial charge in [-0.05, 0) is 36.4 Å². The maximum atomic E-state index is 5.95. The molecule has 0 unspecified atom stereocenters. The fraction of sp³-hybridized carbons (Fsp3) is 0.0588. The largest absolute Gasteiger partial charge is 0.260 e. The molecule has 0 aliphatic rings. The molecule has 118 valence electrons. The molecule has 0 aliphatic carbocycles. The van der Waals surface area contributed by atoms with Crippen molar-refractivity contribution in [2.75, 3.05) is 0 Å². The van der Waals surface area contributed by atoms with Crippen LogP contribution in [-0.4, -0.2) is 24.7 Å². The monoisotopic (exact) mass is 353 g/mol. The summed E-state index contributed by atoms with van der Waals surface area (Å²) in [6.45, 7) is 0. The van der Waals surface area contributed by atoms with Gasteiger partial charge in [0.1, 0.15) is 11.4 Å². The summed E-state index contributed by atoms with van der Waals surface area (Å²) < 4.78 is 1.79. The molecule has 7 heteroatoms. The molecular formula is C17H12ClN5S. The minimum absolute atomic E-state index is 0.691. The topological polar surface area (TPSA) is 56.5 Å². The number of nitrogens with zero attached hydrogens (tertiary/aromatic N) is 5. The first-order valence-corrected chi connectivity index (χ1v) is 8.65. The predicted octanol–water partition coefficient (Wildman–Crippen LogP) is 4.16. The average Bonchev–Trinajstić information content (AvgIpc) is 3.06. The minimum atomic E-state index is 0.691. The fourth-order valence-electron chi connectivity index (χ4n) is 2.33. The SMILES string of the molecule is Clc1ccc(-n2ncc3c(SCc4ccccn4)ncnc32)cc1. The Bertz CT molecular complexity index is 969. The van der Waals surface area contributed by atoms with E-state index < -0.39 is 0 Å². The summed E-state index contributed by atoms with van der Waals surface area (Å²) in [5.74, 6) is 0.749. The van der Waals surface area contributed by atoms with Gasteiger partial charge in [0, 0.05) is 17.0 Å². The summed E-state index contributed by atoms with van der Waals surface area (Å²) in [6.07, 6.45) is 5.16. The molecule has 24 heavy (non-hydrogen) atoms. The van der Waals surface area contributed by atoms with Gasteiger partial charge in [0.15, 0.2) is 5.65 Å². The van der Waals surface area contributed by atoms with Crippen molar-refractivity contribution in [1.29, 1.82) is 0 Å². The lowest BCUT2D eigenvalue weighted by Crippen LogP contribution is -1.97. The summed E-state index contributed by atoms with van der Waals surface area (Å²) in [4.78, 5) is 13.1. The van der Waals surface area contributed by atoms with E-state index in [1.54, 1.807) is 35.2 Å². The number of benzene rings is 1. The molecule has 0 spiro atoms. The van der Waals surface area contributed by atoms with Gasteiger partial charge in [-0.2, -0.15) is 5.10 Å². The zero-order valence-corrected chi connectivity index (χ0v) is 14.1. The fourth-order valence-corrected chi connectivity index (χ4v) is 3.34. The number of pyridine rings is 1. The van der Waals surface area contributed by atoms with E-state index in [9.17, 15) is 0 Å². The van der Waals surface area contributed by atoms with E-state index in [1.165, 1.54) is 0 Å². The zero-order valence-electron chi connectivity index (χ0n) is 12.5. The number of halogens is 1. The van der Waals surface area contributed by atoms with Crippen LogP contribution in [0, 0.1) is 0 Å². The van der Waals surface area contributed by atoms with Crippen LogP contribution >= 0.6 is 23.4 Å². The van der Waals surface area contributed by atoms with Gasteiger partial charge in [-0.15, -0.1) is 0 Å². The van der Waals surface area contributed by atoms with Crippen LogP contribution < -0.4 is 0 Å². The van der Waals surface area contributed by atoms with Crippen LogP contribution in [0.3, 0.4) is 0 Å². The Labute approximate surface area is 147 Å². The maximum absolute atomic E-state index is 5.95. The Morgan fingerprint density at radius 3 is 2.67 bits per heavy atom. The second-order valence-corrected chi connectivity index (χ2v) is 6.46. The number of thioether (sulfide) groups is 1. The smallest absolute Gasteiger partial charge is 0.167 e. The molecule has 0 amide bonds. The molecule has 0 radical (unpaired) electrons. The summed E-state index contributed by atoms with van der Waals surface area (Å²) in [5, 5.41) is 6.96. The highest BCUT2D eigenvalue weighted by Crippen LogP contribution is 2.28. The van der Waals surface area contributed by atoms with Crippen LogP contribution in [-0.2, 0) is 5.75 Å². The van der Waals surface area contributed by atoms with Gasteiger partial charge in [-0.25, -0.2) is 14.6 Å². The number of aromatic nitrogens is 5. The third-order valence-corrected chi connectivity index (χ3v) is 4.77. The van der Waals surface area contributed by atoms with Crippen LogP contribution in [0.25, 0.3) is 16.7 Å². The molecule has 3 heterocycles. The first kappa shape index (κ1) is 15.1. The Hall–Kier alpha value is -2.44. The van der Waals surface area contributed by atoms with E-state index >= 15 is 0 Å². The molecule has 3 aromatic heterocycles. The average molecular weight is 354 g/mol. The second-order valence-electron chi connectivity index (χ2n) is 5.06. The van der Waals surface area contributed by atoms with E-state index in [1.807, 2.05) is 42.5 Å². The van der Waals surface area contributed by atoms with Crippen molar-refractivity contribution >= 4 is 34.4 Å². The Balaban J connectivity index is 1.67. The number of hydrogen-bond acceptors (Lipinski definition) is 5. The Kier molecular flexibility index (Phi) is 4.15. The van der Waals surface area contributed by atoms with Crippen LogP contribution in [0.4, 0.5) is 0 Å². The molecule has 4 rings (SSSR count). The summed E-state index contributed by atoms with van der Waals surface area (Å²) in [5.41, 5.74) is 2.70. The first-order valence-electron chi connectivity index (χ1n) is 7.28. The molecule has 0 N–H and O–H groups in total. The van der Waals surface area contributed by atoms with Crippen molar-refractivity contribution in [2.45, 2.75) is 10.8 Å². The van der Waals surface area contributed by atoms with Gasteiger partial charge in [-0.1, -0.05) is 29.4 Å². The van der Waals surface area contributed by atoms with Gasteiger partial charge >= 0.3 is 0 Å². The van der Waals surface area contributed by atoms with E-state index in [0.717, 1.165) is 33.2 Å². The lowest BCUT2D eigenvalue weighted by atomic mass is 10.3. The molecule has 0 fully saturated rings. The molecule has 0 saturated carbocycles. The Morgan fingerprint density at radius 2 is 1.88 bits per heavy atom. The lowest BCUT2D eigenvalue weighted by Gasteiger charge is -2.04. The van der Waals surface area contributed by atoms with Crippen molar-refractivity contribution in [3.8, 4) is 5.69 Å². The summed E-state index contributed by atoms with van der Waals surface area (Å²) in [7, 11) is 0. The Morgan fingerprint density at radius 1 is 1.00 bits per heavy atom. The molecule has 0 saturated heterocycles. The molecule has 0 bridgehead atoms. The van der Waals surface area contributed by atoms with Gasteiger partial charge in [0.25, 0.3) is 0 Å². The van der Waals surface area contributed by atoms with Crippen molar-refractivity contribution < 1.29 is 0 Å². The van der Waals surface area contributed by atoms with E-state index in [2.05, 4.69) is 20.1 Å². The maximum Gasteiger partial charge on any atom is 0.167 e. The van der Waals surface area contributed by atoms with Crippen molar-refractivity contribution in [2.24, 2.45) is 0 Å². The molecule has 0 aliphatic heterocycles. The van der Waals surface area contributed by atoms with E-state index in [-0.39, 0.29) is 0 Å². The van der Waals surface area contributed by atoms with E-state index in [4.69, 9.17) is 11.6 Å². The highest BCUT2D eigenvalue weighted by atomic mass is 35.5. The summed E-state index contributed by atoms with van der Waals surface area (Å²) in [6, 6.07) is 13.4. The lowest BCUT2D eigenvalue weighted by molar-refractivity contribution is 0.893. The normalized spacial score (nSPS) is 11.0. The molecule has 1 aromatic carbocycles. The standard InChI is InChI=1S/C17H12ClN5S/c18-12-4-6-14(7-5-12)23-16-15(9-22-23)17(21-11-20-16)24-10-13-3-1-2-8-19-13/h1-9,11H,10H2. The van der Waals surface area contributed by atoms with Gasteiger partial charge < -0.3 is 0 Å². The van der Waals surface area contributed by atoms with Crippen LogP contribution in [0.5, 0.6) is 0 Å².